The summed E-state index contributed by atoms with van der Waals surface area (Å²) in [7, 11) is 0. The number of halogens is 1. The van der Waals surface area contributed by atoms with Crippen LogP contribution in [0.15, 0.2) is 24.3 Å². The predicted octanol–water partition coefficient (Wildman–Crippen LogP) is 4.35. The van der Waals surface area contributed by atoms with Crippen LogP contribution >= 0.6 is 22.6 Å². The minimum atomic E-state index is 0.630. The van der Waals surface area contributed by atoms with Gasteiger partial charge in [0.25, 0.3) is 0 Å². The van der Waals surface area contributed by atoms with Gasteiger partial charge in [0.05, 0.1) is 0 Å². The molecular formula is C14H22IN. The lowest BCUT2D eigenvalue weighted by atomic mass is 10.1. The average molecular weight is 331 g/mol. The molecule has 2 heteroatoms. The second-order valence-corrected chi connectivity index (χ2v) is 5.65. The van der Waals surface area contributed by atoms with Crippen molar-refractivity contribution >= 4 is 22.6 Å². The second-order valence-electron chi connectivity index (χ2n) is 4.40. The summed E-state index contributed by atoms with van der Waals surface area (Å²) >= 11 is 2.34. The molecule has 0 saturated heterocycles. The Balaban J connectivity index is 2.20. The van der Waals surface area contributed by atoms with Crippen LogP contribution in [0.2, 0.25) is 0 Å². The molecule has 1 unspecified atom stereocenters. The lowest BCUT2D eigenvalue weighted by Crippen LogP contribution is -2.25. The molecular weight excluding hydrogens is 309 g/mol. The van der Waals surface area contributed by atoms with Gasteiger partial charge in [0.1, 0.15) is 0 Å². The summed E-state index contributed by atoms with van der Waals surface area (Å²) in [4.78, 5) is 0. The molecule has 1 nitrogen and oxygen atoms in total. The number of nitrogens with one attached hydrogen (secondary N) is 1. The van der Waals surface area contributed by atoms with E-state index in [4.69, 9.17) is 0 Å². The van der Waals surface area contributed by atoms with Crippen molar-refractivity contribution in [3.8, 4) is 0 Å². The van der Waals surface area contributed by atoms with E-state index in [0.29, 0.717) is 6.04 Å². The molecule has 16 heavy (non-hydrogen) atoms. The first kappa shape index (κ1) is 14.0. The average Bonchev–Trinajstić information content (AvgIpc) is 2.29. The van der Waals surface area contributed by atoms with E-state index in [2.05, 4.69) is 66.0 Å². The van der Waals surface area contributed by atoms with Crippen molar-refractivity contribution in [1.82, 2.24) is 5.32 Å². The van der Waals surface area contributed by atoms with E-state index in [0.717, 1.165) is 6.54 Å². The van der Waals surface area contributed by atoms with Gasteiger partial charge in [0.15, 0.2) is 0 Å². The molecule has 0 spiro atoms. The molecule has 0 saturated carbocycles. The highest BCUT2D eigenvalue weighted by Gasteiger charge is 2.00. The lowest BCUT2D eigenvalue weighted by Gasteiger charge is -2.13. The van der Waals surface area contributed by atoms with Crippen LogP contribution < -0.4 is 5.32 Å². The van der Waals surface area contributed by atoms with Gasteiger partial charge in [-0.15, -0.1) is 0 Å². The maximum atomic E-state index is 3.57. The fraction of sp³-hybridized carbons (Fsp3) is 0.571. The summed E-state index contributed by atoms with van der Waals surface area (Å²) in [6, 6.07) is 9.37. The van der Waals surface area contributed by atoms with E-state index in [1.54, 1.807) is 0 Å². The third kappa shape index (κ3) is 5.85. The van der Waals surface area contributed by atoms with Gasteiger partial charge in [0.2, 0.25) is 0 Å². The van der Waals surface area contributed by atoms with E-state index in [-0.39, 0.29) is 0 Å². The van der Waals surface area contributed by atoms with Crippen LogP contribution in [0, 0.1) is 3.57 Å². The van der Waals surface area contributed by atoms with Gasteiger partial charge in [-0.2, -0.15) is 0 Å². The number of hydrogen-bond acceptors (Lipinski definition) is 1. The monoisotopic (exact) mass is 331 g/mol. The third-order valence-electron chi connectivity index (χ3n) is 2.81. The zero-order valence-electron chi connectivity index (χ0n) is 10.3. The number of hydrogen-bond donors (Lipinski definition) is 1. The lowest BCUT2D eigenvalue weighted by molar-refractivity contribution is 0.487. The van der Waals surface area contributed by atoms with Crippen LogP contribution in [0.1, 0.15) is 45.1 Å². The van der Waals surface area contributed by atoms with Crippen molar-refractivity contribution in [3.05, 3.63) is 33.4 Å². The maximum Gasteiger partial charge on any atom is 0.0207 e. The molecule has 1 N–H and O–H groups in total. The maximum absolute atomic E-state index is 3.57. The van der Waals surface area contributed by atoms with E-state index in [9.17, 15) is 0 Å². The summed E-state index contributed by atoms with van der Waals surface area (Å²) < 4.78 is 1.30. The fourth-order valence-corrected chi connectivity index (χ4v) is 2.06. The van der Waals surface area contributed by atoms with Gasteiger partial charge in [-0.05, 0) is 53.6 Å². The Morgan fingerprint density at radius 2 is 1.88 bits per heavy atom. The summed E-state index contributed by atoms with van der Waals surface area (Å²) in [5.74, 6) is 0. The Hall–Kier alpha value is -0.0900. The van der Waals surface area contributed by atoms with Crippen molar-refractivity contribution in [3.63, 3.8) is 0 Å². The Bertz CT molecular complexity index is 281. The standard InChI is InChI=1S/C14H22IN/c1-3-4-5-6-12(2)16-11-13-7-9-14(15)10-8-13/h7-10,12,16H,3-6,11H2,1-2H3. The fourth-order valence-electron chi connectivity index (χ4n) is 1.70. The number of unbranched alkanes of at least 4 members (excludes halogenated alkanes) is 2. The summed E-state index contributed by atoms with van der Waals surface area (Å²) in [5, 5.41) is 3.57. The zero-order valence-corrected chi connectivity index (χ0v) is 12.5. The molecule has 0 radical (unpaired) electrons. The number of benzene rings is 1. The molecule has 1 aromatic carbocycles. The molecule has 90 valence electrons. The molecule has 1 aromatic rings. The molecule has 1 rings (SSSR count). The molecule has 1 atom stereocenters. The first-order valence-electron chi connectivity index (χ1n) is 6.20. The van der Waals surface area contributed by atoms with Gasteiger partial charge < -0.3 is 5.32 Å². The van der Waals surface area contributed by atoms with Crippen LogP contribution in [0.5, 0.6) is 0 Å². The third-order valence-corrected chi connectivity index (χ3v) is 3.53. The molecule has 0 heterocycles. The number of rotatable bonds is 7. The van der Waals surface area contributed by atoms with Crippen molar-refractivity contribution in [2.45, 2.75) is 52.1 Å². The van der Waals surface area contributed by atoms with Gasteiger partial charge in [-0.25, -0.2) is 0 Å². The smallest absolute Gasteiger partial charge is 0.0207 e. The first-order chi connectivity index (χ1) is 7.72. The van der Waals surface area contributed by atoms with Crippen LogP contribution in [-0.4, -0.2) is 6.04 Å². The van der Waals surface area contributed by atoms with E-state index in [1.807, 2.05) is 0 Å². The highest BCUT2D eigenvalue weighted by molar-refractivity contribution is 14.1. The van der Waals surface area contributed by atoms with Crippen LogP contribution in [0.25, 0.3) is 0 Å². The SMILES string of the molecule is CCCCCC(C)NCc1ccc(I)cc1. The Labute approximate surface area is 113 Å². The van der Waals surface area contributed by atoms with E-state index < -0.39 is 0 Å². The van der Waals surface area contributed by atoms with Gasteiger partial charge in [0, 0.05) is 16.2 Å². The quantitative estimate of drug-likeness (QED) is 0.579. The van der Waals surface area contributed by atoms with E-state index >= 15 is 0 Å². The highest BCUT2D eigenvalue weighted by Crippen LogP contribution is 2.08. The molecule has 0 fully saturated rings. The van der Waals surface area contributed by atoms with Crippen LogP contribution in [-0.2, 0) is 6.54 Å². The minimum absolute atomic E-state index is 0.630. The van der Waals surface area contributed by atoms with Crippen LogP contribution in [0.4, 0.5) is 0 Å². The van der Waals surface area contributed by atoms with Crippen molar-refractivity contribution in [1.29, 1.82) is 0 Å². The Morgan fingerprint density at radius 1 is 1.19 bits per heavy atom. The van der Waals surface area contributed by atoms with E-state index in [1.165, 1.54) is 34.8 Å². The molecule has 0 aliphatic heterocycles. The van der Waals surface area contributed by atoms with Gasteiger partial charge >= 0.3 is 0 Å². The largest absolute Gasteiger partial charge is 0.310 e. The second kappa shape index (κ2) is 8.07. The molecule has 0 amide bonds. The van der Waals surface area contributed by atoms with Gasteiger partial charge in [-0.1, -0.05) is 38.3 Å². The normalized spacial score (nSPS) is 12.7. The van der Waals surface area contributed by atoms with Crippen molar-refractivity contribution in [2.24, 2.45) is 0 Å². The first-order valence-corrected chi connectivity index (χ1v) is 7.28. The Morgan fingerprint density at radius 3 is 2.50 bits per heavy atom. The minimum Gasteiger partial charge on any atom is -0.310 e. The zero-order chi connectivity index (χ0) is 11.8. The molecule has 0 aliphatic rings. The summed E-state index contributed by atoms with van der Waals surface area (Å²) in [6.07, 6.45) is 5.30. The highest BCUT2D eigenvalue weighted by atomic mass is 127. The molecule has 0 aromatic heterocycles. The topological polar surface area (TPSA) is 12.0 Å². The van der Waals surface area contributed by atoms with Crippen LogP contribution in [0.3, 0.4) is 0 Å². The molecule has 0 bridgehead atoms. The van der Waals surface area contributed by atoms with Gasteiger partial charge in [-0.3, -0.25) is 0 Å². The summed E-state index contributed by atoms with van der Waals surface area (Å²) in [5.41, 5.74) is 1.38. The van der Waals surface area contributed by atoms with Crippen molar-refractivity contribution < 1.29 is 0 Å². The predicted molar refractivity (Wildman–Crippen MR) is 79.6 cm³/mol. The van der Waals surface area contributed by atoms with Crippen molar-refractivity contribution in [2.75, 3.05) is 0 Å². The molecule has 0 aliphatic carbocycles. The summed E-state index contributed by atoms with van der Waals surface area (Å²) in [6.45, 7) is 5.52. The Kier molecular flexibility index (Phi) is 7.05.